The van der Waals surface area contributed by atoms with Gasteiger partial charge < -0.3 is 0 Å². The summed E-state index contributed by atoms with van der Waals surface area (Å²) in [7, 11) is 0. The Morgan fingerprint density at radius 3 is 2.58 bits per heavy atom. The van der Waals surface area contributed by atoms with Crippen LogP contribution in [-0.2, 0) is 0 Å². The highest BCUT2D eigenvalue weighted by molar-refractivity contribution is 6.30. The van der Waals surface area contributed by atoms with Crippen LogP contribution in [0.3, 0.4) is 0 Å². The van der Waals surface area contributed by atoms with E-state index >= 15 is 0 Å². The summed E-state index contributed by atoms with van der Waals surface area (Å²) < 4.78 is 1.66. The summed E-state index contributed by atoms with van der Waals surface area (Å²) >= 11 is 6.12. The third-order valence-corrected chi connectivity index (χ3v) is 5.38. The number of benzene rings is 1. The smallest absolute Gasteiger partial charge is 0.267 e. The van der Waals surface area contributed by atoms with E-state index in [0.717, 1.165) is 42.0 Å². The van der Waals surface area contributed by atoms with Gasteiger partial charge in [0, 0.05) is 29.0 Å². The maximum atomic E-state index is 12.4. The van der Waals surface area contributed by atoms with Crippen LogP contribution < -0.4 is 5.56 Å². The van der Waals surface area contributed by atoms with E-state index in [-0.39, 0.29) is 11.6 Å². The SMILES string of the molecule is O=c1ccc(-c2cccnc2)nn1C1CCC(c2cccc(Cl)c2)CC1. The van der Waals surface area contributed by atoms with Crippen LogP contribution >= 0.6 is 11.6 Å². The molecule has 0 saturated heterocycles. The minimum absolute atomic E-state index is 0.0381. The zero-order valence-electron chi connectivity index (χ0n) is 14.4. The molecule has 2 heterocycles. The molecule has 0 N–H and O–H groups in total. The van der Waals surface area contributed by atoms with E-state index in [1.165, 1.54) is 5.56 Å². The maximum Gasteiger partial charge on any atom is 0.267 e. The quantitative estimate of drug-likeness (QED) is 0.666. The number of nitrogens with zero attached hydrogens (tertiary/aromatic N) is 3. The van der Waals surface area contributed by atoms with Crippen molar-refractivity contribution >= 4 is 11.6 Å². The van der Waals surface area contributed by atoms with Crippen LogP contribution in [0, 0.1) is 0 Å². The van der Waals surface area contributed by atoms with Crippen molar-refractivity contribution in [2.24, 2.45) is 0 Å². The molecule has 1 aromatic carbocycles. The standard InChI is InChI=1S/C21H20ClN3O/c22-18-5-1-3-16(13-18)15-6-8-19(9-7-15)25-21(26)11-10-20(24-25)17-4-2-12-23-14-17/h1-5,10-15,19H,6-9H2. The minimum atomic E-state index is -0.0381. The Morgan fingerprint density at radius 1 is 1.00 bits per heavy atom. The van der Waals surface area contributed by atoms with Crippen LogP contribution in [0.4, 0.5) is 0 Å². The Balaban J connectivity index is 1.53. The first kappa shape index (κ1) is 17.0. The Hall–Kier alpha value is -2.46. The highest BCUT2D eigenvalue weighted by Gasteiger charge is 2.25. The molecule has 2 aromatic heterocycles. The van der Waals surface area contributed by atoms with Crippen LogP contribution in [-0.4, -0.2) is 14.8 Å². The van der Waals surface area contributed by atoms with Crippen molar-refractivity contribution in [1.82, 2.24) is 14.8 Å². The van der Waals surface area contributed by atoms with Crippen LogP contribution in [0.2, 0.25) is 5.02 Å². The van der Waals surface area contributed by atoms with Crippen molar-refractivity contribution in [1.29, 1.82) is 0 Å². The zero-order chi connectivity index (χ0) is 17.9. The average molecular weight is 366 g/mol. The van der Waals surface area contributed by atoms with Gasteiger partial charge in [0.05, 0.1) is 11.7 Å². The lowest BCUT2D eigenvalue weighted by molar-refractivity contribution is 0.295. The highest BCUT2D eigenvalue weighted by atomic mass is 35.5. The molecule has 0 radical (unpaired) electrons. The molecule has 3 aromatic rings. The van der Waals surface area contributed by atoms with Crippen LogP contribution in [0.25, 0.3) is 11.3 Å². The molecule has 0 amide bonds. The molecular formula is C21H20ClN3O. The van der Waals surface area contributed by atoms with Gasteiger partial charge in [-0.3, -0.25) is 9.78 Å². The van der Waals surface area contributed by atoms with Crippen molar-refractivity contribution in [2.45, 2.75) is 37.6 Å². The fourth-order valence-electron chi connectivity index (χ4n) is 3.77. The van der Waals surface area contributed by atoms with Crippen LogP contribution in [0.15, 0.2) is 65.7 Å². The zero-order valence-corrected chi connectivity index (χ0v) is 15.1. The largest absolute Gasteiger partial charge is 0.268 e. The van der Waals surface area contributed by atoms with E-state index in [0.29, 0.717) is 5.92 Å². The second-order valence-electron chi connectivity index (χ2n) is 6.80. The molecule has 0 aliphatic heterocycles. The lowest BCUT2D eigenvalue weighted by Gasteiger charge is -2.29. The molecule has 1 fully saturated rings. The third kappa shape index (κ3) is 3.56. The molecule has 0 bridgehead atoms. The molecule has 1 aliphatic carbocycles. The lowest BCUT2D eigenvalue weighted by Crippen LogP contribution is -2.29. The van der Waals surface area contributed by atoms with E-state index in [2.05, 4.69) is 22.2 Å². The second-order valence-corrected chi connectivity index (χ2v) is 7.24. The molecule has 1 saturated carbocycles. The molecule has 5 heteroatoms. The van der Waals surface area contributed by atoms with Gasteiger partial charge in [-0.15, -0.1) is 0 Å². The van der Waals surface area contributed by atoms with Crippen molar-refractivity contribution in [3.8, 4) is 11.3 Å². The Kier molecular flexibility index (Phi) is 4.85. The number of hydrogen-bond acceptors (Lipinski definition) is 3. The lowest BCUT2D eigenvalue weighted by atomic mass is 9.82. The number of halogens is 1. The Morgan fingerprint density at radius 2 is 1.85 bits per heavy atom. The van der Waals surface area contributed by atoms with Gasteiger partial charge in [-0.05, 0) is 67.5 Å². The summed E-state index contributed by atoms with van der Waals surface area (Å²) in [4.78, 5) is 16.5. The van der Waals surface area contributed by atoms with Gasteiger partial charge >= 0.3 is 0 Å². The van der Waals surface area contributed by atoms with Gasteiger partial charge in [0.25, 0.3) is 5.56 Å². The monoisotopic (exact) mass is 365 g/mol. The van der Waals surface area contributed by atoms with Gasteiger partial charge in [-0.25, -0.2) is 4.68 Å². The topological polar surface area (TPSA) is 47.8 Å². The fraction of sp³-hybridized carbons (Fsp3) is 0.286. The van der Waals surface area contributed by atoms with Gasteiger partial charge in [-0.1, -0.05) is 23.7 Å². The molecule has 0 atom stereocenters. The van der Waals surface area contributed by atoms with Crippen LogP contribution in [0.1, 0.15) is 43.2 Å². The highest BCUT2D eigenvalue weighted by Crippen LogP contribution is 2.38. The molecular weight excluding hydrogens is 346 g/mol. The Labute approximate surface area is 157 Å². The van der Waals surface area contributed by atoms with E-state index < -0.39 is 0 Å². The predicted molar refractivity (Wildman–Crippen MR) is 103 cm³/mol. The summed E-state index contributed by atoms with van der Waals surface area (Å²) in [5.74, 6) is 0.502. The van der Waals surface area contributed by atoms with Gasteiger partial charge in [0.2, 0.25) is 0 Å². The summed E-state index contributed by atoms with van der Waals surface area (Å²) in [6, 6.07) is 15.5. The number of rotatable bonds is 3. The molecule has 26 heavy (non-hydrogen) atoms. The molecule has 132 valence electrons. The summed E-state index contributed by atoms with van der Waals surface area (Å²) in [5, 5.41) is 5.41. The third-order valence-electron chi connectivity index (χ3n) is 5.15. The van der Waals surface area contributed by atoms with E-state index in [1.54, 1.807) is 29.2 Å². The normalized spacial score (nSPS) is 20.0. The van der Waals surface area contributed by atoms with Crippen LogP contribution in [0.5, 0.6) is 0 Å². The summed E-state index contributed by atoms with van der Waals surface area (Å²) in [6.45, 7) is 0. The first-order valence-electron chi connectivity index (χ1n) is 8.96. The Bertz CT molecular complexity index is 947. The maximum absolute atomic E-state index is 12.4. The van der Waals surface area contributed by atoms with E-state index in [1.807, 2.05) is 24.3 Å². The van der Waals surface area contributed by atoms with Crippen molar-refractivity contribution in [3.63, 3.8) is 0 Å². The molecule has 0 spiro atoms. The number of aromatic nitrogens is 3. The first-order chi connectivity index (χ1) is 12.7. The second kappa shape index (κ2) is 7.42. The predicted octanol–water partition coefficient (Wildman–Crippen LogP) is 4.86. The first-order valence-corrected chi connectivity index (χ1v) is 9.34. The number of hydrogen-bond donors (Lipinski definition) is 0. The fourth-order valence-corrected chi connectivity index (χ4v) is 3.97. The minimum Gasteiger partial charge on any atom is -0.268 e. The molecule has 4 nitrogen and oxygen atoms in total. The summed E-state index contributed by atoms with van der Waals surface area (Å²) in [6.07, 6.45) is 7.47. The van der Waals surface area contributed by atoms with Gasteiger partial charge in [-0.2, -0.15) is 5.10 Å². The molecule has 0 unspecified atom stereocenters. The molecule has 1 aliphatic rings. The van der Waals surface area contributed by atoms with E-state index in [9.17, 15) is 4.79 Å². The van der Waals surface area contributed by atoms with E-state index in [4.69, 9.17) is 11.6 Å². The summed E-state index contributed by atoms with van der Waals surface area (Å²) in [5.41, 5.74) is 2.97. The average Bonchev–Trinajstić information content (AvgIpc) is 2.69. The number of pyridine rings is 1. The van der Waals surface area contributed by atoms with Crippen molar-refractivity contribution < 1.29 is 0 Å². The van der Waals surface area contributed by atoms with Gasteiger partial charge in [0.1, 0.15) is 0 Å². The van der Waals surface area contributed by atoms with Crippen molar-refractivity contribution in [2.75, 3.05) is 0 Å². The van der Waals surface area contributed by atoms with Gasteiger partial charge in [0.15, 0.2) is 0 Å². The molecule has 4 rings (SSSR count). The van der Waals surface area contributed by atoms with Crippen molar-refractivity contribution in [3.05, 3.63) is 81.9 Å².